The van der Waals surface area contributed by atoms with Crippen molar-refractivity contribution in [3.8, 4) is 0 Å². The van der Waals surface area contributed by atoms with Crippen LogP contribution in [0.15, 0.2) is 0 Å². The quantitative estimate of drug-likeness (QED) is 0.757. The second-order valence-electron chi connectivity index (χ2n) is 5.65. The van der Waals surface area contributed by atoms with Crippen LogP contribution in [0, 0.1) is 5.41 Å². The summed E-state index contributed by atoms with van der Waals surface area (Å²) in [5.41, 5.74) is 0.307. The van der Waals surface area contributed by atoms with Crippen molar-refractivity contribution in [1.82, 2.24) is 5.32 Å². The van der Waals surface area contributed by atoms with E-state index in [0.717, 1.165) is 26.2 Å². The minimum Gasteiger partial charge on any atom is -0.381 e. The van der Waals surface area contributed by atoms with Crippen LogP contribution in [0.1, 0.15) is 39.5 Å². The lowest BCUT2D eigenvalue weighted by atomic mass is 9.76. The number of hydrogen-bond acceptors (Lipinski definition) is 3. The summed E-state index contributed by atoms with van der Waals surface area (Å²) in [7, 11) is 3.82. The molecule has 0 aliphatic carbocycles. The highest BCUT2D eigenvalue weighted by atomic mass is 16.5. The van der Waals surface area contributed by atoms with Gasteiger partial charge in [-0.15, -0.1) is 0 Å². The molecular weight excluding hydrogens is 202 g/mol. The standard InChI is InChI=1S/C13H27NO2/c1-12(2,15-4)7-8-13(10-14-3)6-5-9-16-11-13/h14H,5-11H2,1-4H3. The molecule has 0 aromatic rings. The van der Waals surface area contributed by atoms with Gasteiger partial charge in [0, 0.05) is 25.7 Å². The van der Waals surface area contributed by atoms with E-state index >= 15 is 0 Å². The molecule has 1 fully saturated rings. The molecule has 0 bridgehead atoms. The average Bonchev–Trinajstić information content (AvgIpc) is 2.29. The van der Waals surface area contributed by atoms with Crippen molar-refractivity contribution in [3.63, 3.8) is 0 Å². The maximum absolute atomic E-state index is 5.66. The SMILES string of the molecule is CNCC1(CCC(C)(C)OC)CCCOC1. The highest BCUT2D eigenvalue weighted by Crippen LogP contribution is 2.35. The van der Waals surface area contributed by atoms with Crippen molar-refractivity contribution in [3.05, 3.63) is 0 Å². The molecule has 1 saturated heterocycles. The normalized spacial score (nSPS) is 27.0. The molecule has 1 N–H and O–H groups in total. The predicted molar refractivity (Wildman–Crippen MR) is 66.7 cm³/mol. The molecule has 16 heavy (non-hydrogen) atoms. The largest absolute Gasteiger partial charge is 0.381 e. The second kappa shape index (κ2) is 5.99. The van der Waals surface area contributed by atoms with Crippen LogP contribution in [-0.4, -0.2) is 39.5 Å². The maximum atomic E-state index is 5.66. The van der Waals surface area contributed by atoms with Crippen LogP contribution < -0.4 is 5.32 Å². The minimum atomic E-state index is -0.0157. The van der Waals surface area contributed by atoms with E-state index in [-0.39, 0.29) is 5.60 Å². The molecule has 1 aliphatic heterocycles. The summed E-state index contributed by atoms with van der Waals surface area (Å²) in [6.07, 6.45) is 4.73. The molecule has 96 valence electrons. The Morgan fingerprint density at radius 2 is 2.19 bits per heavy atom. The Morgan fingerprint density at radius 3 is 2.69 bits per heavy atom. The monoisotopic (exact) mass is 229 g/mol. The number of hydrogen-bond donors (Lipinski definition) is 1. The lowest BCUT2D eigenvalue weighted by Gasteiger charge is -2.39. The predicted octanol–water partition coefficient (Wildman–Crippen LogP) is 2.21. The van der Waals surface area contributed by atoms with Crippen LogP contribution in [0.3, 0.4) is 0 Å². The lowest BCUT2D eigenvalue weighted by Crippen LogP contribution is -2.41. The van der Waals surface area contributed by atoms with Crippen LogP contribution in [0.5, 0.6) is 0 Å². The minimum absolute atomic E-state index is 0.0157. The summed E-state index contributed by atoms with van der Waals surface area (Å²) >= 11 is 0. The zero-order valence-corrected chi connectivity index (χ0v) is 11.3. The third kappa shape index (κ3) is 4.04. The molecule has 1 unspecified atom stereocenters. The van der Waals surface area contributed by atoms with Crippen molar-refractivity contribution in [2.24, 2.45) is 5.41 Å². The van der Waals surface area contributed by atoms with Gasteiger partial charge in [-0.05, 0) is 46.6 Å². The molecular formula is C13H27NO2. The molecule has 0 radical (unpaired) electrons. The van der Waals surface area contributed by atoms with Crippen molar-refractivity contribution < 1.29 is 9.47 Å². The third-order valence-corrected chi connectivity index (χ3v) is 3.77. The Bertz CT molecular complexity index is 193. The summed E-state index contributed by atoms with van der Waals surface area (Å²) in [6, 6.07) is 0. The number of methoxy groups -OCH3 is 1. The first kappa shape index (κ1) is 13.9. The summed E-state index contributed by atoms with van der Waals surface area (Å²) in [6.45, 7) is 7.19. The van der Waals surface area contributed by atoms with E-state index in [1.54, 1.807) is 7.11 Å². The van der Waals surface area contributed by atoms with Gasteiger partial charge in [-0.25, -0.2) is 0 Å². The van der Waals surface area contributed by atoms with Gasteiger partial charge < -0.3 is 14.8 Å². The maximum Gasteiger partial charge on any atom is 0.0623 e. The molecule has 1 aliphatic rings. The number of rotatable bonds is 6. The van der Waals surface area contributed by atoms with Crippen LogP contribution in [0.2, 0.25) is 0 Å². The van der Waals surface area contributed by atoms with Gasteiger partial charge in [0.15, 0.2) is 0 Å². The topological polar surface area (TPSA) is 30.5 Å². The Balaban J connectivity index is 2.50. The number of nitrogens with one attached hydrogen (secondary N) is 1. The van der Waals surface area contributed by atoms with Gasteiger partial charge in [-0.3, -0.25) is 0 Å². The van der Waals surface area contributed by atoms with Gasteiger partial charge in [0.1, 0.15) is 0 Å². The molecule has 0 saturated carbocycles. The summed E-state index contributed by atoms with van der Waals surface area (Å²) in [5, 5.41) is 3.31. The molecule has 3 heteroatoms. The van der Waals surface area contributed by atoms with E-state index in [2.05, 4.69) is 19.2 Å². The molecule has 0 amide bonds. The van der Waals surface area contributed by atoms with Crippen molar-refractivity contribution in [2.45, 2.75) is 45.1 Å². The molecule has 1 atom stereocenters. The van der Waals surface area contributed by atoms with Crippen molar-refractivity contribution in [2.75, 3.05) is 33.9 Å². The van der Waals surface area contributed by atoms with Crippen LogP contribution in [0.4, 0.5) is 0 Å². The van der Waals surface area contributed by atoms with Gasteiger partial charge in [0.2, 0.25) is 0 Å². The van der Waals surface area contributed by atoms with Crippen molar-refractivity contribution in [1.29, 1.82) is 0 Å². The molecule has 1 heterocycles. The Hall–Kier alpha value is -0.120. The van der Waals surface area contributed by atoms with Gasteiger partial charge in [-0.2, -0.15) is 0 Å². The molecule has 0 aromatic heterocycles. The smallest absolute Gasteiger partial charge is 0.0623 e. The Kier molecular flexibility index (Phi) is 5.22. The van der Waals surface area contributed by atoms with Gasteiger partial charge in [0.05, 0.1) is 12.2 Å². The zero-order chi connectivity index (χ0) is 12.1. The fraction of sp³-hybridized carbons (Fsp3) is 1.00. The third-order valence-electron chi connectivity index (χ3n) is 3.77. The average molecular weight is 229 g/mol. The van der Waals surface area contributed by atoms with Gasteiger partial charge in [0.25, 0.3) is 0 Å². The van der Waals surface area contributed by atoms with Crippen LogP contribution in [0.25, 0.3) is 0 Å². The number of ether oxygens (including phenoxy) is 2. The first-order valence-electron chi connectivity index (χ1n) is 6.31. The fourth-order valence-electron chi connectivity index (χ4n) is 2.38. The van der Waals surface area contributed by atoms with E-state index in [0.29, 0.717) is 5.41 Å². The lowest BCUT2D eigenvalue weighted by molar-refractivity contribution is -0.0380. The summed E-state index contributed by atoms with van der Waals surface area (Å²) in [5.74, 6) is 0. The molecule has 3 nitrogen and oxygen atoms in total. The van der Waals surface area contributed by atoms with Crippen molar-refractivity contribution >= 4 is 0 Å². The van der Waals surface area contributed by atoms with Crippen LogP contribution >= 0.6 is 0 Å². The van der Waals surface area contributed by atoms with E-state index in [9.17, 15) is 0 Å². The second-order valence-corrected chi connectivity index (χ2v) is 5.65. The zero-order valence-electron chi connectivity index (χ0n) is 11.3. The first-order chi connectivity index (χ1) is 7.54. The van der Waals surface area contributed by atoms with E-state index in [1.807, 2.05) is 7.05 Å². The van der Waals surface area contributed by atoms with Gasteiger partial charge >= 0.3 is 0 Å². The van der Waals surface area contributed by atoms with Gasteiger partial charge in [-0.1, -0.05) is 0 Å². The molecule has 0 spiro atoms. The summed E-state index contributed by atoms with van der Waals surface area (Å²) < 4.78 is 11.1. The Labute approximate surface area is 99.9 Å². The Morgan fingerprint density at radius 1 is 1.44 bits per heavy atom. The first-order valence-corrected chi connectivity index (χ1v) is 6.31. The van der Waals surface area contributed by atoms with Crippen LogP contribution in [-0.2, 0) is 9.47 Å². The van der Waals surface area contributed by atoms with E-state index < -0.39 is 0 Å². The highest BCUT2D eigenvalue weighted by Gasteiger charge is 2.34. The molecule has 0 aromatic carbocycles. The van der Waals surface area contributed by atoms with E-state index in [4.69, 9.17) is 9.47 Å². The van der Waals surface area contributed by atoms with E-state index in [1.165, 1.54) is 19.3 Å². The molecule has 1 rings (SSSR count). The highest BCUT2D eigenvalue weighted by molar-refractivity contribution is 4.86. The summed E-state index contributed by atoms with van der Waals surface area (Å²) in [4.78, 5) is 0. The fourth-order valence-corrected chi connectivity index (χ4v) is 2.38.